The van der Waals surface area contributed by atoms with Gasteiger partial charge in [-0.15, -0.1) is 0 Å². The number of nitrogens with zero attached hydrogens (tertiary/aromatic N) is 3. The maximum atomic E-state index is 13.5. The lowest BCUT2D eigenvalue weighted by Gasteiger charge is -2.30. The van der Waals surface area contributed by atoms with Crippen molar-refractivity contribution in [2.24, 2.45) is 11.8 Å². The number of hydrazine groups is 1. The molecule has 0 unspecified atom stereocenters. The molecular formula is C25H25N3O6. The summed E-state index contributed by atoms with van der Waals surface area (Å²) in [5.41, 5.74) is 2.10. The molecule has 0 bridgehead atoms. The highest BCUT2D eigenvalue weighted by molar-refractivity contribution is 6.09. The molecule has 0 N–H and O–H groups in total. The zero-order chi connectivity index (χ0) is 24.6. The van der Waals surface area contributed by atoms with Crippen molar-refractivity contribution >= 4 is 29.2 Å². The number of non-ortho nitro benzene ring substituents is 1. The first-order valence-corrected chi connectivity index (χ1v) is 11.2. The average molecular weight is 463 g/mol. The van der Waals surface area contributed by atoms with Gasteiger partial charge in [-0.25, -0.2) is 5.01 Å². The van der Waals surface area contributed by atoms with Crippen LogP contribution in [0.4, 0.5) is 5.69 Å². The van der Waals surface area contributed by atoms with Gasteiger partial charge in [-0.05, 0) is 56.0 Å². The predicted molar refractivity (Wildman–Crippen MR) is 122 cm³/mol. The fourth-order valence-electron chi connectivity index (χ4n) is 4.63. The van der Waals surface area contributed by atoms with Gasteiger partial charge in [0.2, 0.25) is 0 Å². The number of hydrogen-bond donors (Lipinski definition) is 0. The molecule has 1 aliphatic heterocycles. The Morgan fingerprint density at radius 1 is 0.941 bits per heavy atom. The van der Waals surface area contributed by atoms with Crippen LogP contribution in [0, 0.1) is 35.8 Å². The SMILES string of the molecule is Cc1ccc(C(=O)CN(C(=O)c2ccc([N+](=O)[O-])cc2)N2C(=O)[C@@H]3CCCC[C@H]3C2=O)cc1C. The summed E-state index contributed by atoms with van der Waals surface area (Å²) >= 11 is 0. The number of imide groups is 1. The summed E-state index contributed by atoms with van der Waals surface area (Å²) < 4.78 is 0. The summed E-state index contributed by atoms with van der Waals surface area (Å²) in [6.07, 6.45) is 2.78. The highest BCUT2D eigenvalue weighted by Crippen LogP contribution is 2.39. The van der Waals surface area contributed by atoms with Crippen molar-refractivity contribution in [3.63, 3.8) is 0 Å². The van der Waals surface area contributed by atoms with Crippen LogP contribution < -0.4 is 0 Å². The van der Waals surface area contributed by atoms with Gasteiger partial charge in [-0.3, -0.25) is 29.3 Å². The number of nitro benzene ring substituents is 1. The first-order valence-electron chi connectivity index (χ1n) is 11.2. The minimum Gasteiger partial charge on any atom is -0.292 e. The number of rotatable bonds is 6. The molecule has 176 valence electrons. The number of carbonyl (C=O) groups is 4. The fourth-order valence-corrected chi connectivity index (χ4v) is 4.63. The Morgan fingerprint density at radius 3 is 2.03 bits per heavy atom. The summed E-state index contributed by atoms with van der Waals surface area (Å²) in [6.45, 7) is 3.27. The van der Waals surface area contributed by atoms with E-state index in [9.17, 15) is 29.3 Å². The molecule has 9 heteroatoms. The summed E-state index contributed by atoms with van der Waals surface area (Å²) in [4.78, 5) is 63.4. The van der Waals surface area contributed by atoms with Crippen molar-refractivity contribution in [2.75, 3.05) is 6.54 Å². The Hall–Kier alpha value is -3.88. The van der Waals surface area contributed by atoms with Gasteiger partial charge in [0.1, 0.15) is 6.54 Å². The average Bonchev–Trinajstić information content (AvgIpc) is 3.08. The lowest BCUT2D eigenvalue weighted by molar-refractivity contribution is -0.384. The topological polar surface area (TPSA) is 118 Å². The molecule has 9 nitrogen and oxygen atoms in total. The Bertz CT molecular complexity index is 1170. The fraction of sp³-hybridized carbons (Fsp3) is 0.360. The van der Waals surface area contributed by atoms with E-state index in [0.717, 1.165) is 34.0 Å². The molecule has 2 aromatic rings. The monoisotopic (exact) mass is 463 g/mol. The largest absolute Gasteiger partial charge is 0.292 e. The molecule has 1 heterocycles. The first kappa shape index (κ1) is 23.3. The number of amides is 3. The molecule has 0 aromatic heterocycles. The smallest absolute Gasteiger partial charge is 0.273 e. The molecule has 4 rings (SSSR count). The Labute approximate surface area is 196 Å². The highest BCUT2D eigenvalue weighted by Gasteiger charge is 2.51. The maximum Gasteiger partial charge on any atom is 0.273 e. The minimum absolute atomic E-state index is 0.0361. The Kier molecular flexibility index (Phi) is 6.28. The van der Waals surface area contributed by atoms with Crippen molar-refractivity contribution in [1.29, 1.82) is 0 Å². The van der Waals surface area contributed by atoms with Crippen molar-refractivity contribution in [2.45, 2.75) is 39.5 Å². The molecule has 1 saturated carbocycles. The number of hydrogen-bond acceptors (Lipinski definition) is 6. The van der Waals surface area contributed by atoms with Gasteiger partial charge < -0.3 is 0 Å². The van der Waals surface area contributed by atoms with Gasteiger partial charge in [-0.1, -0.05) is 25.0 Å². The summed E-state index contributed by atoms with van der Waals surface area (Å²) in [5.74, 6) is -3.10. The van der Waals surface area contributed by atoms with E-state index < -0.39 is 46.8 Å². The minimum atomic E-state index is -0.743. The molecule has 1 saturated heterocycles. The molecule has 2 aliphatic rings. The molecular weight excluding hydrogens is 438 g/mol. The van der Waals surface area contributed by atoms with Crippen molar-refractivity contribution < 1.29 is 24.1 Å². The van der Waals surface area contributed by atoms with Gasteiger partial charge in [0, 0.05) is 23.3 Å². The number of aryl methyl sites for hydroxylation is 2. The van der Waals surface area contributed by atoms with E-state index in [4.69, 9.17) is 0 Å². The molecule has 2 aromatic carbocycles. The first-order chi connectivity index (χ1) is 16.2. The molecule has 34 heavy (non-hydrogen) atoms. The van der Waals surface area contributed by atoms with Crippen LogP contribution in [0.15, 0.2) is 42.5 Å². The normalized spacial score (nSPS) is 19.6. The number of Topliss-reactive ketones (excluding diaryl/α,β-unsaturated/α-hetero) is 1. The second-order valence-electron chi connectivity index (χ2n) is 8.87. The second kappa shape index (κ2) is 9.17. The standard InChI is InChI=1S/C25H25N3O6/c1-15-7-8-18(13-16(15)2)22(29)14-26(23(30)17-9-11-19(12-10-17)28(33)34)27-24(31)20-5-3-4-6-21(20)25(27)32/h7-13,20-21H,3-6,14H2,1-2H3/t20-,21-/m1/s1. The van der Waals surface area contributed by atoms with E-state index in [1.807, 2.05) is 13.8 Å². The molecule has 1 aliphatic carbocycles. The molecule has 0 radical (unpaired) electrons. The zero-order valence-corrected chi connectivity index (χ0v) is 19.0. The van der Waals surface area contributed by atoms with Crippen LogP contribution in [0.2, 0.25) is 0 Å². The third-order valence-electron chi connectivity index (χ3n) is 6.74. The van der Waals surface area contributed by atoms with Crippen LogP contribution in [0.5, 0.6) is 0 Å². The van der Waals surface area contributed by atoms with Gasteiger partial charge in [0.25, 0.3) is 23.4 Å². The van der Waals surface area contributed by atoms with Crippen LogP contribution in [-0.4, -0.2) is 45.0 Å². The summed E-state index contributed by atoms with van der Waals surface area (Å²) in [5, 5.41) is 12.7. The Balaban J connectivity index is 1.69. The van der Waals surface area contributed by atoms with Crippen LogP contribution in [-0.2, 0) is 9.59 Å². The molecule has 2 atom stereocenters. The van der Waals surface area contributed by atoms with Crippen molar-refractivity contribution in [3.05, 3.63) is 74.8 Å². The zero-order valence-electron chi connectivity index (χ0n) is 19.0. The van der Waals surface area contributed by atoms with E-state index in [1.54, 1.807) is 18.2 Å². The van der Waals surface area contributed by atoms with Crippen LogP contribution in [0.1, 0.15) is 57.5 Å². The lowest BCUT2D eigenvalue weighted by atomic mass is 9.81. The summed E-state index contributed by atoms with van der Waals surface area (Å²) in [6, 6.07) is 10.0. The molecule has 0 spiro atoms. The van der Waals surface area contributed by atoms with E-state index in [2.05, 4.69) is 0 Å². The van der Waals surface area contributed by atoms with E-state index >= 15 is 0 Å². The van der Waals surface area contributed by atoms with Crippen LogP contribution in [0.3, 0.4) is 0 Å². The quantitative estimate of drug-likeness (QED) is 0.279. The maximum absolute atomic E-state index is 13.5. The second-order valence-corrected chi connectivity index (χ2v) is 8.87. The van der Waals surface area contributed by atoms with E-state index in [1.165, 1.54) is 24.3 Å². The van der Waals surface area contributed by atoms with Gasteiger partial charge in [-0.2, -0.15) is 5.01 Å². The van der Waals surface area contributed by atoms with Crippen molar-refractivity contribution in [3.8, 4) is 0 Å². The van der Waals surface area contributed by atoms with E-state index in [0.29, 0.717) is 18.4 Å². The number of ketones is 1. The van der Waals surface area contributed by atoms with Crippen LogP contribution in [0.25, 0.3) is 0 Å². The number of nitro groups is 1. The number of carbonyl (C=O) groups excluding carboxylic acids is 4. The van der Waals surface area contributed by atoms with E-state index in [-0.39, 0.29) is 11.3 Å². The van der Waals surface area contributed by atoms with Crippen LogP contribution >= 0.6 is 0 Å². The highest BCUT2D eigenvalue weighted by atomic mass is 16.6. The van der Waals surface area contributed by atoms with Gasteiger partial charge in [0.05, 0.1) is 16.8 Å². The predicted octanol–water partition coefficient (Wildman–Crippen LogP) is 3.63. The Morgan fingerprint density at radius 2 is 1.50 bits per heavy atom. The van der Waals surface area contributed by atoms with Gasteiger partial charge >= 0.3 is 0 Å². The third kappa shape index (κ3) is 4.21. The third-order valence-corrected chi connectivity index (χ3v) is 6.74. The lowest BCUT2D eigenvalue weighted by Crippen LogP contribution is -2.52. The van der Waals surface area contributed by atoms with Crippen molar-refractivity contribution in [1.82, 2.24) is 10.0 Å². The molecule has 3 amide bonds. The molecule has 2 fully saturated rings. The number of fused-ring (bicyclic) bond motifs is 1. The number of benzene rings is 2. The summed E-state index contributed by atoms with van der Waals surface area (Å²) in [7, 11) is 0. The van der Waals surface area contributed by atoms with Gasteiger partial charge in [0.15, 0.2) is 5.78 Å².